The van der Waals surface area contributed by atoms with Crippen LogP contribution in [0.1, 0.15) is 57.0 Å². The lowest BCUT2D eigenvalue weighted by Crippen LogP contribution is -2.22. The minimum atomic E-state index is -1.02. The van der Waals surface area contributed by atoms with Crippen LogP contribution >= 0.6 is 11.3 Å². The van der Waals surface area contributed by atoms with E-state index in [-0.39, 0.29) is 0 Å². The van der Waals surface area contributed by atoms with Crippen LogP contribution < -0.4 is 4.74 Å². The van der Waals surface area contributed by atoms with E-state index in [1.807, 2.05) is 33.8 Å². The van der Waals surface area contributed by atoms with Gasteiger partial charge in [0, 0.05) is 5.56 Å². The third kappa shape index (κ3) is 5.28. The maximum atomic E-state index is 10.3. The van der Waals surface area contributed by atoms with Crippen LogP contribution in [0.15, 0.2) is 18.2 Å². The van der Waals surface area contributed by atoms with Crippen molar-refractivity contribution < 1.29 is 14.6 Å². The second kappa shape index (κ2) is 8.17. The number of aliphatic hydroxyl groups excluding tert-OH is 1. The lowest BCUT2D eigenvalue weighted by molar-refractivity contribution is -0.168. The zero-order chi connectivity index (χ0) is 19.5. The molecule has 0 amide bonds. The number of aryl methyl sites for hydroxylation is 1. The van der Waals surface area contributed by atoms with Crippen LogP contribution in [-0.2, 0) is 4.74 Å². The molecular formula is C20H26N2O3S. The van der Waals surface area contributed by atoms with Gasteiger partial charge in [0.05, 0.1) is 28.3 Å². The van der Waals surface area contributed by atoms with Crippen LogP contribution in [0.25, 0.3) is 10.6 Å². The predicted octanol–water partition coefficient (Wildman–Crippen LogP) is 4.83. The van der Waals surface area contributed by atoms with E-state index < -0.39 is 11.9 Å². The molecule has 1 atom stereocenters. The molecule has 1 unspecified atom stereocenters. The first-order valence-corrected chi connectivity index (χ1v) is 9.43. The zero-order valence-electron chi connectivity index (χ0n) is 16.2. The van der Waals surface area contributed by atoms with E-state index in [1.54, 1.807) is 12.1 Å². The Labute approximate surface area is 159 Å². The van der Waals surface area contributed by atoms with Gasteiger partial charge >= 0.3 is 0 Å². The van der Waals surface area contributed by atoms with E-state index in [0.717, 1.165) is 16.3 Å². The van der Waals surface area contributed by atoms with Gasteiger partial charge in [-0.25, -0.2) is 4.98 Å². The summed E-state index contributed by atoms with van der Waals surface area (Å²) in [6, 6.07) is 7.64. The first-order valence-electron chi connectivity index (χ1n) is 8.61. The smallest absolute Gasteiger partial charge is 0.193 e. The molecule has 1 aromatic carbocycles. The maximum Gasteiger partial charge on any atom is 0.193 e. The standard InChI is InChI=1S/C20H26N2O3S/c1-12(2)11-24-16-8-7-14(9-15(16)10-21)18-22-13(3)17(26-18)19(23)25-20(4,5)6/h7-9,12,19,23H,11H2,1-6H3. The van der Waals surface area contributed by atoms with Gasteiger partial charge in [-0.3, -0.25) is 0 Å². The highest BCUT2D eigenvalue weighted by molar-refractivity contribution is 7.15. The lowest BCUT2D eigenvalue weighted by atomic mass is 10.1. The fourth-order valence-electron chi connectivity index (χ4n) is 2.28. The summed E-state index contributed by atoms with van der Waals surface area (Å²) in [6.45, 7) is 12.2. The van der Waals surface area contributed by atoms with Gasteiger partial charge in [0.25, 0.3) is 0 Å². The van der Waals surface area contributed by atoms with Gasteiger partial charge in [0.15, 0.2) is 6.29 Å². The molecule has 0 bridgehead atoms. The number of hydrogen-bond donors (Lipinski definition) is 1. The third-order valence-electron chi connectivity index (χ3n) is 3.44. The van der Waals surface area contributed by atoms with Gasteiger partial charge < -0.3 is 14.6 Å². The first-order chi connectivity index (χ1) is 12.1. The average Bonchev–Trinajstić information content (AvgIpc) is 2.93. The van der Waals surface area contributed by atoms with E-state index in [2.05, 4.69) is 24.9 Å². The maximum absolute atomic E-state index is 10.3. The molecule has 0 spiro atoms. The number of ether oxygens (including phenoxy) is 2. The van der Waals surface area contributed by atoms with Crippen LogP contribution in [0.5, 0.6) is 5.75 Å². The van der Waals surface area contributed by atoms with Crippen molar-refractivity contribution in [3.63, 3.8) is 0 Å². The number of hydrogen-bond acceptors (Lipinski definition) is 6. The van der Waals surface area contributed by atoms with Crippen molar-refractivity contribution in [3.05, 3.63) is 34.3 Å². The van der Waals surface area contributed by atoms with Gasteiger partial charge in [-0.05, 0) is 51.8 Å². The molecular weight excluding hydrogens is 348 g/mol. The molecule has 0 aliphatic heterocycles. The molecule has 2 rings (SSSR count). The van der Waals surface area contributed by atoms with Crippen LogP contribution in [-0.4, -0.2) is 22.3 Å². The average molecular weight is 375 g/mol. The monoisotopic (exact) mass is 374 g/mol. The summed E-state index contributed by atoms with van der Waals surface area (Å²) in [5.41, 5.74) is 1.56. The minimum Gasteiger partial charge on any atom is -0.492 e. The largest absolute Gasteiger partial charge is 0.492 e. The Hall–Kier alpha value is -1.94. The number of rotatable bonds is 6. The van der Waals surface area contributed by atoms with Gasteiger partial charge in [-0.2, -0.15) is 5.26 Å². The summed E-state index contributed by atoms with van der Waals surface area (Å²) in [7, 11) is 0. The summed E-state index contributed by atoms with van der Waals surface area (Å²) in [5.74, 6) is 0.962. The minimum absolute atomic E-state index is 0.384. The number of nitrogens with zero attached hydrogens (tertiary/aromatic N) is 2. The number of nitriles is 1. The normalized spacial score (nSPS) is 12.9. The quantitative estimate of drug-likeness (QED) is 0.733. The molecule has 1 heterocycles. The Morgan fingerprint density at radius 2 is 2.00 bits per heavy atom. The van der Waals surface area contributed by atoms with Crippen molar-refractivity contribution in [3.8, 4) is 22.4 Å². The predicted molar refractivity (Wildman–Crippen MR) is 103 cm³/mol. The highest BCUT2D eigenvalue weighted by Crippen LogP contribution is 2.35. The Morgan fingerprint density at radius 1 is 1.31 bits per heavy atom. The number of aliphatic hydroxyl groups is 1. The van der Waals surface area contributed by atoms with Crippen LogP contribution in [0.2, 0.25) is 0 Å². The Balaban J connectivity index is 2.29. The molecule has 0 saturated heterocycles. The molecule has 1 aromatic heterocycles. The Kier molecular flexibility index (Phi) is 6.40. The van der Waals surface area contributed by atoms with Crippen LogP contribution in [0.3, 0.4) is 0 Å². The van der Waals surface area contributed by atoms with E-state index in [4.69, 9.17) is 9.47 Å². The van der Waals surface area contributed by atoms with Crippen molar-refractivity contribution >= 4 is 11.3 Å². The van der Waals surface area contributed by atoms with Crippen molar-refractivity contribution in [1.29, 1.82) is 5.26 Å². The molecule has 26 heavy (non-hydrogen) atoms. The molecule has 140 valence electrons. The van der Waals surface area contributed by atoms with Gasteiger partial charge in [-0.15, -0.1) is 11.3 Å². The van der Waals surface area contributed by atoms with E-state index in [1.165, 1.54) is 11.3 Å². The fourth-order valence-corrected chi connectivity index (χ4v) is 3.26. The zero-order valence-corrected chi connectivity index (χ0v) is 17.0. The van der Waals surface area contributed by atoms with Crippen molar-refractivity contribution in [2.24, 2.45) is 5.92 Å². The number of thiazole rings is 1. The highest BCUT2D eigenvalue weighted by atomic mass is 32.1. The molecule has 0 aliphatic rings. The fraction of sp³-hybridized carbons (Fsp3) is 0.500. The van der Waals surface area contributed by atoms with Gasteiger partial charge in [0.1, 0.15) is 16.8 Å². The molecule has 0 saturated carbocycles. The van der Waals surface area contributed by atoms with E-state index in [0.29, 0.717) is 28.7 Å². The molecule has 5 nitrogen and oxygen atoms in total. The Bertz CT molecular complexity index is 800. The van der Waals surface area contributed by atoms with E-state index >= 15 is 0 Å². The summed E-state index contributed by atoms with van der Waals surface area (Å²) in [5, 5.41) is 20.5. The third-order valence-corrected chi connectivity index (χ3v) is 4.68. The molecule has 0 fully saturated rings. The first kappa shape index (κ1) is 20.4. The van der Waals surface area contributed by atoms with Gasteiger partial charge in [-0.1, -0.05) is 13.8 Å². The molecule has 0 radical (unpaired) electrons. The van der Waals surface area contributed by atoms with Crippen molar-refractivity contribution in [2.45, 2.75) is 53.4 Å². The summed E-state index contributed by atoms with van der Waals surface area (Å²) in [6.07, 6.45) is -1.02. The topological polar surface area (TPSA) is 75.4 Å². The molecule has 2 aromatic rings. The summed E-state index contributed by atoms with van der Waals surface area (Å²) >= 11 is 1.37. The highest BCUT2D eigenvalue weighted by Gasteiger charge is 2.23. The number of aromatic nitrogens is 1. The van der Waals surface area contributed by atoms with Crippen molar-refractivity contribution in [1.82, 2.24) is 4.98 Å². The van der Waals surface area contributed by atoms with Crippen LogP contribution in [0, 0.1) is 24.2 Å². The summed E-state index contributed by atoms with van der Waals surface area (Å²) in [4.78, 5) is 5.21. The van der Waals surface area contributed by atoms with E-state index in [9.17, 15) is 10.4 Å². The number of benzene rings is 1. The second-order valence-corrected chi connectivity index (χ2v) is 8.61. The molecule has 0 aliphatic carbocycles. The van der Waals surface area contributed by atoms with Gasteiger partial charge in [0.2, 0.25) is 0 Å². The second-order valence-electron chi connectivity index (χ2n) is 7.58. The summed E-state index contributed by atoms with van der Waals surface area (Å²) < 4.78 is 11.3. The Morgan fingerprint density at radius 3 is 2.58 bits per heavy atom. The lowest BCUT2D eigenvalue weighted by Gasteiger charge is -2.23. The SMILES string of the molecule is Cc1nc(-c2ccc(OCC(C)C)c(C#N)c2)sc1C(O)OC(C)(C)C. The van der Waals surface area contributed by atoms with Crippen molar-refractivity contribution in [2.75, 3.05) is 6.61 Å². The molecule has 1 N–H and O–H groups in total. The molecule has 6 heteroatoms. The van der Waals surface area contributed by atoms with Crippen LogP contribution in [0.4, 0.5) is 0 Å².